The van der Waals surface area contributed by atoms with E-state index in [1.807, 2.05) is 0 Å². The van der Waals surface area contributed by atoms with Crippen LogP contribution in [0, 0.1) is 0 Å². The van der Waals surface area contributed by atoms with E-state index in [1.54, 1.807) is 11.1 Å². The molecule has 23 heavy (non-hydrogen) atoms. The van der Waals surface area contributed by atoms with Gasteiger partial charge in [-0.3, -0.25) is 0 Å². The van der Waals surface area contributed by atoms with Gasteiger partial charge in [0.05, 0.1) is 0 Å². The number of halogens is 1. The Morgan fingerprint density at radius 3 is 2.26 bits per heavy atom. The summed E-state index contributed by atoms with van der Waals surface area (Å²) in [4.78, 5) is 0. The first-order chi connectivity index (χ1) is 11.3. The van der Waals surface area contributed by atoms with Gasteiger partial charge in [0, 0.05) is 4.47 Å². The minimum absolute atomic E-state index is 0.690. The Morgan fingerprint density at radius 2 is 1.43 bits per heavy atom. The molecule has 1 heteroatoms. The van der Waals surface area contributed by atoms with Crippen LogP contribution in [-0.2, 0) is 0 Å². The molecule has 0 N–H and O–H groups in total. The van der Waals surface area contributed by atoms with Gasteiger partial charge in [-0.2, -0.15) is 0 Å². The Morgan fingerprint density at radius 1 is 0.696 bits per heavy atom. The number of rotatable bonds is 1. The Balaban J connectivity index is 1.80. The molecule has 3 aromatic carbocycles. The van der Waals surface area contributed by atoms with Crippen LogP contribution in [0.1, 0.15) is 35.8 Å². The molecular weight excluding hydrogens is 344 g/mol. The normalized spacial score (nSPS) is 20.9. The first kappa shape index (κ1) is 13.6. The van der Waals surface area contributed by atoms with E-state index >= 15 is 0 Å². The molecule has 0 saturated heterocycles. The maximum absolute atomic E-state index is 3.62. The predicted molar refractivity (Wildman–Crippen MR) is 99.7 cm³/mol. The highest BCUT2D eigenvalue weighted by Crippen LogP contribution is 2.59. The molecule has 0 amide bonds. The average molecular weight is 361 g/mol. The molecule has 0 nitrogen and oxygen atoms in total. The topological polar surface area (TPSA) is 0 Å². The summed E-state index contributed by atoms with van der Waals surface area (Å²) in [5.74, 6) is 1.40. The molecule has 2 aliphatic rings. The van der Waals surface area contributed by atoms with Crippen molar-refractivity contribution in [3.8, 4) is 22.3 Å². The van der Waals surface area contributed by atoms with Crippen LogP contribution < -0.4 is 0 Å². The van der Waals surface area contributed by atoms with Crippen molar-refractivity contribution in [2.24, 2.45) is 0 Å². The van der Waals surface area contributed by atoms with Gasteiger partial charge in [-0.25, -0.2) is 0 Å². The van der Waals surface area contributed by atoms with Crippen molar-refractivity contribution in [3.05, 3.63) is 82.3 Å². The molecule has 0 radical (unpaired) electrons. The maximum Gasteiger partial charge on any atom is 0.0181 e. The lowest BCUT2D eigenvalue weighted by atomic mass is 9.60. The third kappa shape index (κ3) is 1.96. The number of benzene rings is 3. The molecule has 2 aliphatic carbocycles. The number of fused-ring (bicyclic) bond motifs is 6. The second-order valence-corrected chi connectivity index (χ2v) is 7.57. The van der Waals surface area contributed by atoms with Gasteiger partial charge in [0.2, 0.25) is 0 Å². The van der Waals surface area contributed by atoms with Crippen molar-refractivity contribution in [1.82, 2.24) is 0 Å². The summed E-state index contributed by atoms with van der Waals surface area (Å²) < 4.78 is 1.15. The third-order valence-electron chi connectivity index (χ3n) is 5.54. The van der Waals surface area contributed by atoms with E-state index < -0.39 is 0 Å². The van der Waals surface area contributed by atoms with Crippen molar-refractivity contribution < 1.29 is 0 Å². The highest BCUT2D eigenvalue weighted by atomic mass is 79.9. The minimum atomic E-state index is 0.690. The van der Waals surface area contributed by atoms with Crippen LogP contribution in [0.5, 0.6) is 0 Å². The van der Waals surface area contributed by atoms with E-state index in [2.05, 4.69) is 82.7 Å². The lowest BCUT2D eigenvalue weighted by Crippen LogP contribution is -2.27. The predicted octanol–water partition coefficient (Wildman–Crippen LogP) is 6.76. The van der Waals surface area contributed by atoms with Crippen LogP contribution in [0.2, 0.25) is 0 Å². The molecule has 0 heterocycles. The second kappa shape index (κ2) is 5.07. The summed E-state index contributed by atoms with van der Waals surface area (Å²) in [6.45, 7) is 0. The molecule has 1 fully saturated rings. The molecule has 1 saturated carbocycles. The van der Waals surface area contributed by atoms with Gasteiger partial charge < -0.3 is 0 Å². The summed E-state index contributed by atoms with van der Waals surface area (Å²) in [7, 11) is 0. The number of hydrogen-bond acceptors (Lipinski definition) is 0. The zero-order valence-corrected chi connectivity index (χ0v) is 14.4. The Labute approximate surface area is 145 Å². The first-order valence-corrected chi connectivity index (χ1v) is 9.10. The fourth-order valence-electron chi connectivity index (χ4n) is 4.39. The van der Waals surface area contributed by atoms with E-state index in [4.69, 9.17) is 0 Å². The lowest BCUT2D eigenvalue weighted by Gasteiger charge is -2.44. The van der Waals surface area contributed by atoms with E-state index in [9.17, 15) is 0 Å². The van der Waals surface area contributed by atoms with E-state index in [1.165, 1.54) is 35.1 Å². The van der Waals surface area contributed by atoms with Crippen LogP contribution in [0.3, 0.4) is 0 Å². The highest BCUT2D eigenvalue weighted by Gasteiger charge is 2.40. The molecule has 0 aromatic heterocycles. The Hall–Kier alpha value is -1.86. The molecular formula is C22H17Br. The molecule has 2 unspecified atom stereocenters. The van der Waals surface area contributed by atoms with Gasteiger partial charge in [0.1, 0.15) is 0 Å². The summed E-state index contributed by atoms with van der Waals surface area (Å²) in [6.07, 6.45) is 2.64. The zero-order chi connectivity index (χ0) is 15.4. The number of hydrogen-bond donors (Lipinski definition) is 0. The summed E-state index contributed by atoms with van der Waals surface area (Å²) in [5, 5.41) is 0. The van der Waals surface area contributed by atoms with Gasteiger partial charge in [0.25, 0.3) is 0 Å². The first-order valence-electron chi connectivity index (χ1n) is 8.31. The minimum Gasteiger partial charge on any atom is -0.0619 e. The zero-order valence-electron chi connectivity index (χ0n) is 12.8. The van der Waals surface area contributed by atoms with Gasteiger partial charge >= 0.3 is 0 Å². The van der Waals surface area contributed by atoms with Crippen LogP contribution in [0.4, 0.5) is 0 Å². The summed E-state index contributed by atoms with van der Waals surface area (Å²) >= 11 is 3.62. The molecule has 0 aliphatic heterocycles. The molecule has 3 aromatic rings. The van der Waals surface area contributed by atoms with Crippen molar-refractivity contribution in [3.63, 3.8) is 0 Å². The molecule has 0 spiro atoms. The molecule has 5 rings (SSSR count). The van der Waals surface area contributed by atoms with Crippen molar-refractivity contribution in [2.75, 3.05) is 0 Å². The van der Waals surface area contributed by atoms with E-state index in [-0.39, 0.29) is 0 Å². The van der Waals surface area contributed by atoms with E-state index in [0.717, 1.165) is 4.47 Å². The lowest BCUT2D eigenvalue weighted by molar-refractivity contribution is 0.344. The average Bonchev–Trinajstić information content (AvgIpc) is 2.54. The summed E-state index contributed by atoms with van der Waals surface area (Å²) in [5.41, 5.74) is 8.75. The van der Waals surface area contributed by atoms with Gasteiger partial charge in [-0.1, -0.05) is 70.5 Å². The Kier molecular flexibility index (Phi) is 2.99. The fourth-order valence-corrected chi connectivity index (χ4v) is 4.79. The largest absolute Gasteiger partial charge is 0.0619 e. The molecule has 0 bridgehead atoms. The van der Waals surface area contributed by atoms with Gasteiger partial charge in [-0.05, 0) is 70.2 Å². The van der Waals surface area contributed by atoms with Gasteiger partial charge in [0.15, 0.2) is 0 Å². The summed E-state index contributed by atoms with van der Waals surface area (Å²) in [6, 6.07) is 24.5. The second-order valence-electron chi connectivity index (χ2n) is 6.65. The van der Waals surface area contributed by atoms with Crippen molar-refractivity contribution in [2.45, 2.75) is 24.7 Å². The SMILES string of the molecule is Brc1cccc(-c2cccc3c2C2CCC2c2ccccc2-3)c1. The van der Waals surface area contributed by atoms with E-state index in [0.29, 0.717) is 11.8 Å². The highest BCUT2D eigenvalue weighted by molar-refractivity contribution is 9.10. The molecule has 2 atom stereocenters. The third-order valence-corrected chi connectivity index (χ3v) is 6.03. The Bertz CT molecular complexity index is 909. The fraction of sp³-hybridized carbons (Fsp3) is 0.182. The van der Waals surface area contributed by atoms with Crippen LogP contribution in [0.15, 0.2) is 71.2 Å². The quantitative estimate of drug-likeness (QED) is 0.449. The monoisotopic (exact) mass is 360 g/mol. The van der Waals surface area contributed by atoms with Crippen molar-refractivity contribution >= 4 is 15.9 Å². The maximum atomic E-state index is 3.62. The smallest absolute Gasteiger partial charge is 0.0181 e. The van der Waals surface area contributed by atoms with Crippen LogP contribution in [-0.4, -0.2) is 0 Å². The van der Waals surface area contributed by atoms with Gasteiger partial charge in [-0.15, -0.1) is 0 Å². The standard InChI is InChI=1S/C22H17Br/c23-15-6-3-5-14(13-15)16-9-4-10-20-18-8-2-1-7-17(18)19-11-12-21(19)22(16)20/h1-10,13,19,21H,11-12H2. The van der Waals surface area contributed by atoms with Crippen LogP contribution in [0.25, 0.3) is 22.3 Å². The van der Waals surface area contributed by atoms with Crippen molar-refractivity contribution in [1.29, 1.82) is 0 Å². The molecule has 112 valence electrons. The van der Waals surface area contributed by atoms with Crippen LogP contribution >= 0.6 is 15.9 Å².